The van der Waals surface area contributed by atoms with E-state index in [2.05, 4.69) is 10.5 Å². The van der Waals surface area contributed by atoms with Crippen molar-refractivity contribution >= 4 is 23.1 Å². The fourth-order valence-corrected chi connectivity index (χ4v) is 4.41. The summed E-state index contributed by atoms with van der Waals surface area (Å²) in [4.78, 5) is 26.0. The average Bonchev–Trinajstić information content (AvgIpc) is 2.75. The third kappa shape index (κ3) is 1.70. The molecule has 3 rings (SSSR count). The number of carbonyl (C=O) groups excluding carboxylic acids is 2. The van der Waals surface area contributed by atoms with E-state index < -0.39 is 16.2 Å². The van der Waals surface area contributed by atoms with Gasteiger partial charge in [-0.15, -0.1) is 0 Å². The number of amides is 1. The molecule has 0 spiro atoms. The summed E-state index contributed by atoms with van der Waals surface area (Å²) in [5.41, 5.74) is -0.516. The summed E-state index contributed by atoms with van der Waals surface area (Å²) in [5.74, 6) is -0.649. The topological polar surface area (TPSA) is 78.8 Å². The zero-order valence-corrected chi connectivity index (χ0v) is 13.9. The van der Waals surface area contributed by atoms with Crippen molar-refractivity contribution in [1.29, 1.82) is 0 Å². The normalized spacial score (nSPS) is 33.2. The number of anilines is 1. The molecule has 2 N–H and O–H groups in total. The largest absolute Gasteiger partial charge is 0.411 e. The van der Waals surface area contributed by atoms with Crippen LogP contribution in [-0.2, 0) is 9.59 Å². The van der Waals surface area contributed by atoms with Gasteiger partial charge < -0.3 is 10.5 Å². The zero-order valence-electron chi connectivity index (χ0n) is 13.9. The molecule has 23 heavy (non-hydrogen) atoms. The minimum Gasteiger partial charge on any atom is -0.411 e. The predicted octanol–water partition coefficient (Wildman–Crippen LogP) is 3.16. The molecule has 0 aliphatic heterocycles. The minimum absolute atomic E-state index is 0.133. The van der Waals surface area contributed by atoms with Gasteiger partial charge in [0.05, 0.1) is 0 Å². The Balaban J connectivity index is 2.04. The second-order valence-corrected chi connectivity index (χ2v) is 7.46. The Kier molecular flexibility index (Phi) is 3.19. The maximum absolute atomic E-state index is 13.1. The van der Waals surface area contributed by atoms with Crippen molar-refractivity contribution in [3.63, 3.8) is 0 Å². The minimum atomic E-state index is -1.17. The Morgan fingerprint density at radius 1 is 1.26 bits per heavy atom. The molecule has 2 aliphatic carbocycles. The van der Waals surface area contributed by atoms with Gasteiger partial charge in [-0.2, -0.15) is 0 Å². The quantitative estimate of drug-likeness (QED) is 0.500. The van der Waals surface area contributed by atoms with Crippen LogP contribution < -0.4 is 5.32 Å². The van der Waals surface area contributed by atoms with E-state index in [9.17, 15) is 14.8 Å². The molecule has 2 bridgehead atoms. The van der Waals surface area contributed by atoms with Crippen molar-refractivity contribution in [1.82, 2.24) is 0 Å². The molecule has 122 valence electrons. The fraction of sp³-hybridized carbons (Fsp3) is 0.500. The third-order valence-electron chi connectivity index (χ3n) is 6.34. The molecular weight excluding hydrogens is 292 g/mol. The number of fused-ring (bicyclic) bond motifs is 2. The number of carbonyl (C=O) groups is 2. The van der Waals surface area contributed by atoms with Gasteiger partial charge in [0.15, 0.2) is 5.78 Å². The number of hydrogen-bond acceptors (Lipinski definition) is 4. The lowest BCUT2D eigenvalue weighted by molar-refractivity contribution is -0.140. The highest BCUT2D eigenvalue weighted by Gasteiger charge is 2.76. The first-order chi connectivity index (χ1) is 10.7. The molecular formula is C18H22N2O3. The second kappa shape index (κ2) is 4.66. The van der Waals surface area contributed by atoms with Crippen molar-refractivity contribution in [2.24, 2.45) is 21.4 Å². The van der Waals surface area contributed by atoms with Crippen LogP contribution in [0.5, 0.6) is 0 Å². The van der Waals surface area contributed by atoms with Crippen LogP contribution in [0.1, 0.15) is 39.2 Å². The standard InChI is InChI=1S/C18H22N2O3/c1-11-6-5-7-12(10-11)19-15(22)18-9-8-17(4,16(18,2)3)13(20-23)14(18)21/h5-7,10,23H,8-9H2,1-4H3,(H,19,22). The van der Waals surface area contributed by atoms with Gasteiger partial charge in [-0.25, -0.2) is 0 Å². The summed E-state index contributed by atoms with van der Waals surface area (Å²) in [5, 5.41) is 15.5. The molecule has 2 unspecified atom stereocenters. The van der Waals surface area contributed by atoms with Crippen molar-refractivity contribution in [2.45, 2.75) is 40.5 Å². The SMILES string of the molecule is Cc1cccc(NC(=O)C23CCC(C)(C(=NO)C2=O)C3(C)C)c1. The highest BCUT2D eigenvalue weighted by molar-refractivity contribution is 6.51. The number of nitrogens with one attached hydrogen (secondary N) is 1. The van der Waals surface area contributed by atoms with Crippen LogP contribution in [0.15, 0.2) is 29.4 Å². The number of Topliss-reactive ketones (excluding diaryl/α,β-unsaturated/α-hetero) is 1. The highest BCUT2D eigenvalue weighted by atomic mass is 16.4. The first-order valence-electron chi connectivity index (χ1n) is 7.86. The smallest absolute Gasteiger partial charge is 0.239 e. The summed E-state index contributed by atoms with van der Waals surface area (Å²) < 4.78 is 0. The number of hydrogen-bond donors (Lipinski definition) is 2. The Labute approximate surface area is 135 Å². The van der Waals surface area contributed by atoms with Gasteiger partial charge >= 0.3 is 0 Å². The number of ketones is 1. The summed E-state index contributed by atoms with van der Waals surface area (Å²) in [7, 11) is 0. The molecule has 2 fully saturated rings. The Morgan fingerprint density at radius 2 is 1.96 bits per heavy atom. The van der Waals surface area contributed by atoms with Gasteiger partial charge in [-0.1, -0.05) is 38.1 Å². The van der Waals surface area contributed by atoms with Gasteiger partial charge in [0.2, 0.25) is 5.91 Å². The van der Waals surface area contributed by atoms with Gasteiger partial charge in [0.1, 0.15) is 11.1 Å². The van der Waals surface area contributed by atoms with Crippen molar-refractivity contribution in [3.05, 3.63) is 29.8 Å². The van der Waals surface area contributed by atoms with Gasteiger partial charge in [0, 0.05) is 11.1 Å². The first kappa shape index (κ1) is 15.7. The maximum Gasteiger partial charge on any atom is 0.239 e. The molecule has 1 aromatic rings. The first-order valence-corrected chi connectivity index (χ1v) is 7.86. The van der Waals surface area contributed by atoms with Crippen molar-refractivity contribution in [2.75, 3.05) is 5.32 Å². The van der Waals surface area contributed by atoms with Gasteiger partial charge in [-0.05, 0) is 42.9 Å². The average molecular weight is 314 g/mol. The van der Waals surface area contributed by atoms with E-state index in [-0.39, 0.29) is 17.4 Å². The molecule has 5 heteroatoms. The molecule has 2 saturated carbocycles. The zero-order chi connectivity index (χ0) is 17.0. The summed E-state index contributed by atoms with van der Waals surface area (Å²) in [6.45, 7) is 7.70. The predicted molar refractivity (Wildman–Crippen MR) is 87.6 cm³/mol. The van der Waals surface area contributed by atoms with E-state index in [4.69, 9.17) is 0 Å². The number of nitrogens with zero attached hydrogens (tertiary/aromatic N) is 1. The van der Waals surface area contributed by atoms with Crippen molar-refractivity contribution < 1.29 is 14.8 Å². The lowest BCUT2D eigenvalue weighted by Gasteiger charge is -2.37. The summed E-state index contributed by atoms with van der Waals surface area (Å²) in [6.07, 6.45) is 1.14. The van der Waals surface area contributed by atoms with Crippen LogP contribution in [0.25, 0.3) is 0 Å². The number of benzene rings is 1. The highest BCUT2D eigenvalue weighted by Crippen LogP contribution is 2.69. The number of aryl methyl sites for hydroxylation is 1. The monoisotopic (exact) mass is 314 g/mol. The second-order valence-electron chi connectivity index (χ2n) is 7.46. The van der Waals surface area contributed by atoms with Crippen LogP contribution in [0, 0.1) is 23.2 Å². The lowest BCUT2D eigenvalue weighted by atomic mass is 9.64. The van der Waals surface area contributed by atoms with E-state index >= 15 is 0 Å². The maximum atomic E-state index is 13.1. The van der Waals surface area contributed by atoms with E-state index in [1.54, 1.807) is 0 Å². The molecule has 1 aromatic carbocycles. The van der Waals surface area contributed by atoms with E-state index in [0.29, 0.717) is 18.5 Å². The lowest BCUT2D eigenvalue weighted by Crippen LogP contribution is -2.47. The van der Waals surface area contributed by atoms with Crippen LogP contribution >= 0.6 is 0 Å². The molecule has 0 aromatic heterocycles. The molecule has 0 radical (unpaired) electrons. The van der Waals surface area contributed by atoms with Gasteiger partial charge in [0.25, 0.3) is 0 Å². The molecule has 0 saturated heterocycles. The fourth-order valence-electron chi connectivity index (χ4n) is 4.41. The molecule has 2 atom stereocenters. The molecule has 2 aliphatic rings. The molecule has 1 amide bonds. The van der Waals surface area contributed by atoms with E-state index in [0.717, 1.165) is 5.56 Å². The van der Waals surface area contributed by atoms with Gasteiger partial charge in [-0.3, -0.25) is 9.59 Å². The van der Waals surface area contributed by atoms with Crippen LogP contribution in [0.2, 0.25) is 0 Å². The Bertz CT molecular complexity index is 738. The number of rotatable bonds is 2. The number of oxime groups is 1. The van der Waals surface area contributed by atoms with E-state index in [1.807, 2.05) is 52.0 Å². The summed E-state index contributed by atoms with van der Waals surface area (Å²) >= 11 is 0. The summed E-state index contributed by atoms with van der Waals surface area (Å²) in [6, 6.07) is 7.49. The van der Waals surface area contributed by atoms with Crippen molar-refractivity contribution in [3.8, 4) is 0 Å². The molecule has 0 heterocycles. The van der Waals surface area contributed by atoms with Crippen LogP contribution in [0.3, 0.4) is 0 Å². The Hall–Kier alpha value is -2.17. The van der Waals surface area contributed by atoms with Crippen LogP contribution in [0.4, 0.5) is 5.69 Å². The third-order valence-corrected chi connectivity index (χ3v) is 6.34. The van der Waals surface area contributed by atoms with E-state index in [1.165, 1.54) is 0 Å². The Morgan fingerprint density at radius 3 is 2.52 bits per heavy atom. The molecule has 5 nitrogen and oxygen atoms in total. The van der Waals surface area contributed by atoms with Crippen LogP contribution in [-0.4, -0.2) is 22.6 Å².